The van der Waals surface area contributed by atoms with Crippen molar-refractivity contribution in [2.45, 2.75) is 72.5 Å². The van der Waals surface area contributed by atoms with Gasteiger partial charge < -0.3 is 14.6 Å². The summed E-state index contributed by atoms with van der Waals surface area (Å²) in [6.45, 7) is 10.0. The quantitative estimate of drug-likeness (QED) is 0.801. The van der Waals surface area contributed by atoms with Crippen LogP contribution in [0.1, 0.15) is 70.3 Å². The molecule has 0 fully saturated rings. The second-order valence-corrected chi connectivity index (χ2v) is 5.97. The van der Waals surface area contributed by atoms with Crippen molar-refractivity contribution in [3.05, 3.63) is 17.8 Å². The minimum atomic E-state index is -0.265. The Labute approximate surface area is 132 Å². The van der Waals surface area contributed by atoms with Gasteiger partial charge in [-0.15, -0.1) is 0 Å². The van der Waals surface area contributed by atoms with Gasteiger partial charge in [-0.05, 0) is 34.1 Å². The van der Waals surface area contributed by atoms with Gasteiger partial charge in [0, 0.05) is 18.5 Å². The fourth-order valence-corrected chi connectivity index (χ4v) is 2.00. The monoisotopic (exact) mass is 309 g/mol. The molecule has 0 saturated heterocycles. The predicted molar refractivity (Wildman–Crippen MR) is 84.3 cm³/mol. The summed E-state index contributed by atoms with van der Waals surface area (Å²) in [5.74, 6) is 0.203. The van der Waals surface area contributed by atoms with Crippen LogP contribution in [0.5, 0.6) is 0 Å². The highest BCUT2D eigenvalue weighted by Gasteiger charge is 2.20. The first kappa shape index (κ1) is 18.2. The van der Waals surface area contributed by atoms with Crippen LogP contribution in [-0.2, 0) is 11.3 Å². The van der Waals surface area contributed by atoms with Gasteiger partial charge in [-0.2, -0.15) is 0 Å². The molecular weight excluding hydrogens is 282 g/mol. The van der Waals surface area contributed by atoms with Gasteiger partial charge in [0.15, 0.2) is 5.69 Å². The zero-order valence-corrected chi connectivity index (χ0v) is 14.2. The molecular formula is C16H27N3O3. The first-order chi connectivity index (χ1) is 10.3. The lowest BCUT2D eigenvalue weighted by Gasteiger charge is -2.25. The molecule has 6 nitrogen and oxygen atoms in total. The summed E-state index contributed by atoms with van der Waals surface area (Å²) in [6, 6.07) is 0.0969. The van der Waals surface area contributed by atoms with Gasteiger partial charge in [-0.25, -0.2) is 4.98 Å². The van der Waals surface area contributed by atoms with E-state index in [1.54, 1.807) is 4.90 Å². The van der Waals surface area contributed by atoms with Gasteiger partial charge in [-0.3, -0.25) is 9.59 Å². The van der Waals surface area contributed by atoms with Crippen LogP contribution in [0.15, 0.2) is 10.7 Å². The number of unbranched alkanes of at least 4 members (excludes halogenated alkanes) is 1. The number of hydrogen-bond donors (Lipinski definition) is 1. The number of carbonyl (C=O) groups excluding carboxylic acids is 2. The Balaban J connectivity index is 2.72. The molecule has 6 heteroatoms. The van der Waals surface area contributed by atoms with E-state index in [-0.39, 0.29) is 36.1 Å². The van der Waals surface area contributed by atoms with Crippen molar-refractivity contribution < 1.29 is 14.0 Å². The number of aromatic nitrogens is 1. The molecule has 1 heterocycles. The Morgan fingerprint density at radius 1 is 1.32 bits per heavy atom. The maximum absolute atomic E-state index is 12.2. The van der Waals surface area contributed by atoms with Crippen LogP contribution >= 0.6 is 0 Å². The Morgan fingerprint density at radius 3 is 2.55 bits per heavy atom. The van der Waals surface area contributed by atoms with Crippen molar-refractivity contribution in [1.82, 2.24) is 15.2 Å². The fourth-order valence-electron chi connectivity index (χ4n) is 2.00. The average Bonchev–Trinajstić information content (AvgIpc) is 2.89. The summed E-state index contributed by atoms with van der Waals surface area (Å²) in [7, 11) is 0. The highest BCUT2D eigenvalue weighted by Crippen LogP contribution is 2.12. The number of carbonyl (C=O) groups is 2. The lowest BCUT2D eigenvalue weighted by atomic mass is 10.2. The zero-order valence-electron chi connectivity index (χ0n) is 14.2. The summed E-state index contributed by atoms with van der Waals surface area (Å²) < 4.78 is 5.34. The van der Waals surface area contributed by atoms with E-state index < -0.39 is 0 Å². The molecule has 2 amide bonds. The van der Waals surface area contributed by atoms with Crippen LogP contribution in [0.3, 0.4) is 0 Å². The van der Waals surface area contributed by atoms with Crippen molar-refractivity contribution in [3.63, 3.8) is 0 Å². The number of rotatable bonds is 8. The SMILES string of the molecule is CCCCC(=O)N(Cc1nc(C(=O)NC(C)C)co1)C(C)C. The second-order valence-electron chi connectivity index (χ2n) is 5.97. The van der Waals surface area contributed by atoms with Gasteiger partial charge >= 0.3 is 0 Å². The van der Waals surface area contributed by atoms with Crippen LogP contribution in [0.25, 0.3) is 0 Å². The van der Waals surface area contributed by atoms with Crippen LogP contribution in [-0.4, -0.2) is 33.8 Å². The third kappa shape index (κ3) is 5.50. The van der Waals surface area contributed by atoms with Crippen LogP contribution in [0.2, 0.25) is 0 Å². The van der Waals surface area contributed by atoms with Crippen LogP contribution in [0, 0.1) is 0 Å². The molecule has 124 valence electrons. The predicted octanol–water partition coefficient (Wildman–Crippen LogP) is 2.74. The zero-order chi connectivity index (χ0) is 16.7. The lowest BCUT2D eigenvalue weighted by Crippen LogP contribution is -2.36. The molecule has 0 atom stereocenters. The summed E-state index contributed by atoms with van der Waals surface area (Å²) in [4.78, 5) is 30.0. The van der Waals surface area contributed by atoms with E-state index in [1.807, 2.05) is 27.7 Å². The van der Waals surface area contributed by atoms with Crippen molar-refractivity contribution >= 4 is 11.8 Å². The lowest BCUT2D eigenvalue weighted by molar-refractivity contribution is -0.134. The van der Waals surface area contributed by atoms with Gasteiger partial charge in [-0.1, -0.05) is 13.3 Å². The minimum absolute atomic E-state index is 0.0374. The number of hydrogen-bond acceptors (Lipinski definition) is 4. The molecule has 0 aliphatic heterocycles. The summed E-state index contributed by atoms with van der Waals surface area (Å²) in [6.07, 6.45) is 3.71. The van der Waals surface area contributed by atoms with Gasteiger partial charge in [0.1, 0.15) is 6.26 Å². The first-order valence-corrected chi connectivity index (χ1v) is 7.89. The summed E-state index contributed by atoms with van der Waals surface area (Å²) in [5, 5.41) is 2.76. The molecule has 22 heavy (non-hydrogen) atoms. The summed E-state index contributed by atoms with van der Waals surface area (Å²) >= 11 is 0. The van der Waals surface area contributed by atoms with E-state index in [0.29, 0.717) is 12.3 Å². The molecule has 0 bridgehead atoms. The van der Waals surface area contributed by atoms with E-state index in [1.165, 1.54) is 6.26 Å². The number of oxazole rings is 1. The summed E-state index contributed by atoms with van der Waals surface area (Å²) in [5.41, 5.74) is 0.244. The molecule has 0 aliphatic rings. The molecule has 0 aliphatic carbocycles. The molecule has 0 saturated carbocycles. The Hall–Kier alpha value is -1.85. The largest absolute Gasteiger partial charge is 0.446 e. The van der Waals surface area contributed by atoms with E-state index in [4.69, 9.17) is 4.42 Å². The Bertz CT molecular complexity index is 495. The normalized spacial score (nSPS) is 11.0. The van der Waals surface area contributed by atoms with E-state index in [0.717, 1.165) is 12.8 Å². The van der Waals surface area contributed by atoms with Crippen molar-refractivity contribution in [2.75, 3.05) is 0 Å². The standard InChI is InChI=1S/C16H27N3O3/c1-6-7-8-15(20)19(12(4)5)9-14-18-13(10-22-14)16(21)17-11(2)3/h10-12H,6-9H2,1-5H3,(H,17,21). The third-order valence-electron chi connectivity index (χ3n) is 3.20. The first-order valence-electron chi connectivity index (χ1n) is 7.89. The Kier molecular flexibility index (Phi) is 7.08. The molecule has 1 rings (SSSR count). The fraction of sp³-hybridized carbons (Fsp3) is 0.688. The highest BCUT2D eigenvalue weighted by atomic mass is 16.3. The van der Waals surface area contributed by atoms with Crippen molar-refractivity contribution in [1.29, 1.82) is 0 Å². The van der Waals surface area contributed by atoms with Crippen LogP contribution in [0.4, 0.5) is 0 Å². The smallest absolute Gasteiger partial charge is 0.273 e. The Morgan fingerprint density at radius 2 is 2.00 bits per heavy atom. The molecule has 0 aromatic carbocycles. The van der Waals surface area contributed by atoms with E-state index in [9.17, 15) is 9.59 Å². The second kappa shape index (κ2) is 8.56. The molecule has 0 unspecified atom stereocenters. The number of nitrogens with zero attached hydrogens (tertiary/aromatic N) is 2. The maximum Gasteiger partial charge on any atom is 0.273 e. The number of amides is 2. The molecule has 1 aromatic heterocycles. The highest BCUT2D eigenvalue weighted by molar-refractivity contribution is 5.92. The average molecular weight is 309 g/mol. The molecule has 1 N–H and O–H groups in total. The van der Waals surface area contributed by atoms with Crippen LogP contribution < -0.4 is 5.32 Å². The van der Waals surface area contributed by atoms with Gasteiger partial charge in [0.05, 0.1) is 6.54 Å². The molecule has 0 radical (unpaired) electrons. The van der Waals surface area contributed by atoms with Crippen molar-refractivity contribution in [2.24, 2.45) is 0 Å². The molecule has 1 aromatic rings. The van der Waals surface area contributed by atoms with E-state index >= 15 is 0 Å². The molecule has 0 spiro atoms. The third-order valence-corrected chi connectivity index (χ3v) is 3.20. The topological polar surface area (TPSA) is 75.4 Å². The van der Waals surface area contributed by atoms with Gasteiger partial charge in [0.2, 0.25) is 11.8 Å². The van der Waals surface area contributed by atoms with E-state index in [2.05, 4.69) is 17.2 Å². The van der Waals surface area contributed by atoms with Crippen molar-refractivity contribution in [3.8, 4) is 0 Å². The van der Waals surface area contributed by atoms with Gasteiger partial charge in [0.25, 0.3) is 5.91 Å². The maximum atomic E-state index is 12.2. The number of nitrogens with one attached hydrogen (secondary N) is 1. The minimum Gasteiger partial charge on any atom is -0.446 e.